The number of hydrogen-bond acceptors (Lipinski definition) is 4. The Morgan fingerprint density at radius 1 is 1.50 bits per heavy atom. The molecule has 6 nitrogen and oxygen atoms in total. The van der Waals surface area contributed by atoms with Crippen molar-refractivity contribution in [1.29, 1.82) is 0 Å². The highest BCUT2D eigenvalue weighted by Gasteiger charge is 2.29. The largest absolute Gasteiger partial charge is 0.508 e. The number of benzene rings is 1. The molecule has 7 heteroatoms. The number of nitrogens with one attached hydrogen (secondary N) is 1. The maximum atomic E-state index is 12.3. The summed E-state index contributed by atoms with van der Waals surface area (Å²) in [5, 5.41) is 12.4. The number of rotatable bonds is 2. The standard InChI is InChI=1S/C13H15ClN2O4/c1-20-13(19)15-8-4-5-16(7-8)12(18)10-6-9(17)2-3-11(10)14/h2-3,6,8,17H,4-5,7H2,1H3,(H,15,19). The van der Waals surface area contributed by atoms with Gasteiger partial charge in [-0.15, -0.1) is 0 Å². The van der Waals surface area contributed by atoms with E-state index in [0.29, 0.717) is 19.5 Å². The lowest BCUT2D eigenvalue weighted by Crippen LogP contribution is -2.38. The van der Waals surface area contributed by atoms with Gasteiger partial charge in [-0.1, -0.05) is 11.6 Å². The molecule has 1 aromatic rings. The molecule has 1 atom stereocenters. The molecule has 2 amide bonds. The summed E-state index contributed by atoms with van der Waals surface area (Å²) in [7, 11) is 1.29. The molecular formula is C13H15ClN2O4. The summed E-state index contributed by atoms with van der Waals surface area (Å²) in [5.41, 5.74) is 0.255. The van der Waals surface area contributed by atoms with Crippen LogP contribution in [0.2, 0.25) is 5.02 Å². The number of nitrogens with zero attached hydrogens (tertiary/aromatic N) is 1. The minimum absolute atomic E-state index is 0.0128. The van der Waals surface area contributed by atoms with E-state index >= 15 is 0 Å². The third kappa shape index (κ3) is 3.14. The predicted octanol–water partition coefficient (Wildman–Crippen LogP) is 1.62. The molecule has 108 valence electrons. The molecule has 1 unspecified atom stereocenters. The Morgan fingerprint density at radius 3 is 2.95 bits per heavy atom. The zero-order valence-electron chi connectivity index (χ0n) is 10.9. The van der Waals surface area contributed by atoms with Crippen LogP contribution in [0.3, 0.4) is 0 Å². The number of hydrogen-bond donors (Lipinski definition) is 2. The van der Waals surface area contributed by atoms with Crippen LogP contribution in [-0.2, 0) is 4.74 Å². The van der Waals surface area contributed by atoms with Crippen LogP contribution in [0, 0.1) is 0 Å². The van der Waals surface area contributed by atoms with Crippen molar-refractivity contribution in [3.8, 4) is 5.75 Å². The van der Waals surface area contributed by atoms with E-state index in [9.17, 15) is 14.7 Å². The second-order valence-corrected chi connectivity index (χ2v) is 4.94. The average molecular weight is 299 g/mol. The molecule has 0 spiro atoms. The van der Waals surface area contributed by atoms with Crippen molar-refractivity contribution < 1.29 is 19.4 Å². The van der Waals surface area contributed by atoms with E-state index in [0.717, 1.165) is 0 Å². The van der Waals surface area contributed by atoms with Gasteiger partial charge in [-0.05, 0) is 24.6 Å². The van der Waals surface area contributed by atoms with Crippen LogP contribution < -0.4 is 5.32 Å². The van der Waals surface area contributed by atoms with Crippen molar-refractivity contribution in [3.05, 3.63) is 28.8 Å². The smallest absolute Gasteiger partial charge is 0.407 e. The number of alkyl carbamates (subject to hydrolysis) is 1. The Morgan fingerprint density at radius 2 is 2.25 bits per heavy atom. The monoisotopic (exact) mass is 298 g/mol. The molecule has 2 N–H and O–H groups in total. The quantitative estimate of drug-likeness (QED) is 0.869. The van der Waals surface area contributed by atoms with Crippen molar-refractivity contribution in [2.75, 3.05) is 20.2 Å². The Labute approximate surface area is 121 Å². The number of carbonyl (C=O) groups is 2. The molecule has 1 saturated heterocycles. The number of phenols is 1. The van der Waals surface area contributed by atoms with E-state index in [1.807, 2.05) is 0 Å². The molecule has 1 aliphatic heterocycles. The van der Waals surface area contributed by atoms with Crippen LogP contribution in [0.5, 0.6) is 5.75 Å². The summed E-state index contributed by atoms with van der Waals surface area (Å²) in [6.07, 6.45) is 0.136. The Bertz CT molecular complexity index is 535. The van der Waals surface area contributed by atoms with E-state index in [4.69, 9.17) is 11.6 Å². The first-order valence-corrected chi connectivity index (χ1v) is 6.51. The number of aromatic hydroxyl groups is 1. The molecule has 1 heterocycles. The van der Waals surface area contributed by atoms with E-state index in [1.165, 1.54) is 25.3 Å². The van der Waals surface area contributed by atoms with E-state index in [2.05, 4.69) is 10.1 Å². The Hall–Kier alpha value is -1.95. The Kier molecular flexibility index (Phi) is 4.34. The van der Waals surface area contributed by atoms with Crippen LogP contribution in [0.1, 0.15) is 16.8 Å². The van der Waals surface area contributed by atoms with Crippen molar-refractivity contribution in [1.82, 2.24) is 10.2 Å². The molecule has 1 aliphatic rings. The van der Waals surface area contributed by atoms with Crippen molar-refractivity contribution in [2.45, 2.75) is 12.5 Å². The van der Waals surface area contributed by atoms with E-state index < -0.39 is 6.09 Å². The molecule has 1 fully saturated rings. The maximum absolute atomic E-state index is 12.3. The van der Waals surface area contributed by atoms with E-state index in [-0.39, 0.29) is 28.3 Å². The number of likely N-dealkylation sites (tertiary alicyclic amines) is 1. The third-order valence-electron chi connectivity index (χ3n) is 3.16. The normalized spacial score (nSPS) is 17.9. The van der Waals surface area contributed by atoms with Gasteiger partial charge in [0.05, 0.1) is 23.7 Å². The Balaban J connectivity index is 2.04. The molecule has 0 bridgehead atoms. The number of carbonyl (C=O) groups excluding carboxylic acids is 2. The van der Waals surface area contributed by atoms with Crippen LogP contribution in [-0.4, -0.2) is 48.2 Å². The van der Waals surface area contributed by atoms with Crippen LogP contribution >= 0.6 is 11.6 Å². The van der Waals surface area contributed by atoms with Gasteiger partial charge < -0.3 is 20.1 Å². The first-order valence-electron chi connectivity index (χ1n) is 6.13. The molecule has 0 saturated carbocycles. The second-order valence-electron chi connectivity index (χ2n) is 4.54. The first kappa shape index (κ1) is 14.5. The number of amides is 2. The van der Waals surface area contributed by atoms with Gasteiger partial charge in [0.15, 0.2) is 0 Å². The summed E-state index contributed by atoms with van der Waals surface area (Å²) < 4.78 is 4.52. The number of phenolic OH excluding ortho intramolecular Hbond substituents is 1. The van der Waals surface area contributed by atoms with E-state index in [1.54, 1.807) is 4.90 Å². The number of ether oxygens (including phenoxy) is 1. The summed E-state index contributed by atoms with van der Waals surface area (Å²) in [5.74, 6) is -0.277. The van der Waals surface area contributed by atoms with Crippen molar-refractivity contribution in [3.63, 3.8) is 0 Å². The van der Waals surface area contributed by atoms with Gasteiger partial charge in [0, 0.05) is 13.1 Å². The van der Waals surface area contributed by atoms with Gasteiger partial charge in [-0.25, -0.2) is 4.79 Å². The SMILES string of the molecule is COC(=O)NC1CCN(C(=O)c2cc(O)ccc2Cl)C1. The summed E-state index contributed by atoms with van der Waals surface area (Å²) in [6, 6.07) is 4.10. The molecule has 1 aromatic carbocycles. The highest BCUT2D eigenvalue weighted by Crippen LogP contribution is 2.24. The lowest BCUT2D eigenvalue weighted by Gasteiger charge is -2.17. The first-order chi connectivity index (χ1) is 9.51. The topological polar surface area (TPSA) is 78.9 Å². The minimum atomic E-state index is -0.514. The average Bonchev–Trinajstić information content (AvgIpc) is 2.89. The number of halogens is 1. The second kappa shape index (κ2) is 6.00. The van der Waals surface area contributed by atoms with Gasteiger partial charge in [0.2, 0.25) is 0 Å². The molecule has 0 radical (unpaired) electrons. The third-order valence-corrected chi connectivity index (χ3v) is 3.49. The zero-order chi connectivity index (χ0) is 14.7. The zero-order valence-corrected chi connectivity index (χ0v) is 11.7. The number of methoxy groups -OCH3 is 1. The van der Waals surface area contributed by atoms with Gasteiger partial charge in [0.1, 0.15) is 5.75 Å². The van der Waals surface area contributed by atoms with Crippen molar-refractivity contribution >= 4 is 23.6 Å². The van der Waals surface area contributed by atoms with Crippen LogP contribution in [0.25, 0.3) is 0 Å². The molecule has 0 aromatic heterocycles. The summed E-state index contributed by atoms with van der Waals surface area (Å²) in [6.45, 7) is 0.902. The fourth-order valence-electron chi connectivity index (χ4n) is 2.14. The molecule has 2 rings (SSSR count). The maximum Gasteiger partial charge on any atom is 0.407 e. The van der Waals surface area contributed by atoms with Crippen LogP contribution in [0.4, 0.5) is 4.79 Å². The molecular weight excluding hydrogens is 284 g/mol. The van der Waals surface area contributed by atoms with Gasteiger partial charge >= 0.3 is 6.09 Å². The van der Waals surface area contributed by atoms with Crippen molar-refractivity contribution in [2.24, 2.45) is 0 Å². The van der Waals surface area contributed by atoms with Gasteiger partial charge in [-0.3, -0.25) is 4.79 Å². The lowest BCUT2D eigenvalue weighted by molar-refractivity contribution is 0.0788. The fourth-order valence-corrected chi connectivity index (χ4v) is 2.33. The highest BCUT2D eigenvalue weighted by atomic mass is 35.5. The van der Waals surface area contributed by atoms with Gasteiger partial charge in [-0.2, -0.15) is 0 Å². The lowest BCUT2D eigenvalue weighted by atomic mass is 10.2. The molecule has 0 aliphatic carbocycles. The van der Waals surface area contributed by atoms with Gasteiger partial charge in [0.25, 0.3) is 5.91 Å². The van der Waals surface area contributed by atoms with Crippen LogP contribution in [0.15, 0.2) is 18.2 Å². The predicted molar refractivity (Wildman–Crippen MR) is 73.0 cm³/mol. The molecule has 20 heavy (non-hydrogen) atoms. The fraction of sp³-hybridized carbons (Fsp3) is 0.385. The minimum Gasteiger partial charge on any atom is -0.508 e. The highest BCUT2D eigenvalue weighted by molar-refractivity contribution is 6.33. The summed E-state index contributed by atoms with van der Waals surface area (Å²) >= 11 is 5.96. The summed E-state index contributed by atoms with van der Waals surface area (Å²) in [4.78, 5) is 25.0.